The first-order chi connectivity index (χ1) is 10.5. The minimum Gasteiger partial charge on any atom is -0.454 e. The Bertz CT molecular complexity index is 756. The van der Waals surface area contributed by atoms with Crippen molar-refractivity contribution in [1.82, 2.24) is 4.98 Å². The van der Waals surface area contributed by atoms with E-state index in [0.717, 1.165) is 6.07 Å². The Labute approximate surface area is 129 Å². The van der Waals surface area contributed by atoms with E-state index in [-0.39, 0.29) is 23.0 Å². The molecule has 1 aliphatic rings. The lowest BCUT2D eigenvalue weighted by Crippen LogP contribution is -2.47. The minimum atomic E-state index is -0.844. The molecule has 0 radical (unpaired) electrons. The van der Waals surface area contributed by atoms with Gasteiger partial charge < -0.3 is 10.5 Å². The van der Waals surface area contributed by atoms with Crippen molar-refractivity contribution < 1.29 is 19.1 Å². The second-order valence-electron chi connectivity index (χ2n) is 4.79. The molecule has 1 aromatic heterocycles. The minimum absolute atomic E-state index is 0.115. The Morgan fingerprint density at radius 1 is 1.45 bits per heavy atom. The second kappa shape index (κ2) is 5.53. The summed E-state index contributed by atoms with van der Waals surface area (Å²) >= 11 is 5.89. The van der Waals surface area contributed by atoms with E-state index in [1.165, 1.54) is 18.3 Å². The Morgan fingerprint density at radius 3 is 2.95 bits per heavy atom. The number of aromatic nitrogens is 1. The maximum Gasteiger partial charge on any atom is 0.269 e. The van der Waals surface area contributed by atoms with Crippen LogP contribution < -0.4 is 15.5 Å². The molecule has 1 aromatic carbocycles. The highest BCUT2D eigenvalue weighted by atomic mass is 35.5. The third-order valence-electron chi connectivity index (χ3n) is 3.21. The summed E-state index contributed by atoms with van der Waals surface area (Å²) in [6.45, 7) is 0. The van der Waals surface area contributed by atoms with Crippen molar-refractivity contribution in [2.75, 3.05) is 5.06 Å². The first-order valence-electron chi connectivity index (χ1n) is 6.36. The molecule has 1 atom stereocenters. The molecule has 0 saturated heterocycles. The van der Waals surface area contributed by atoms with Crippen LogP contribution in [0.15, 0.2) is 30.5 Å². The third-order valence-corrected chi connectivity index (χ3v) is 3.50. The van der Waals surface area contributed by atoms with Crippen LogP contribution in [-0.4, -0.2) is 22.1 Å². The Kier molecular flexibility index (Phi) is 3.69. The van der Waals surface area contributed by atoms with Crippen LogP contribution in [-0.2, 0) is 11.2 Å². The highest BCUT2D eigenvalue weighted by molar-refractivity contribution is 6.32. The predicted molar refractivity (Wildman–Crippen MR) is 76.7 cm³/mol. The van der Waals surface area contributed by atoms with Gasteiger partial charge in [-0.15, -0.1) is 0 Å². The number of hydrogen-bond acceptors (Lipinski definition) is 5. The lowest BCUT2D eigenvalue weighted by Gasteiger charge is -2.26. The molecule has 0 aliphatic carbocycles. The van der Waals surface area contributed by atoms with Gasteiger partial charge >= 0.3 is 0 Å². The number of carbonyl (C=O) groups is 1. The van der Waals surface area contributed by atoms with Crippen LogP contribution in [0.25, 0.3) is 0 Å². The molecule has 0 fully saturated rings. The molecular weight excluding hydrogens is 313 g/mol. The number of halogens is 2. The van der Waals surface area contributed by atoms with Crippen molar-refractivity contribution in [2.45, 2.75) is 12.5 Å². The van der Waals surface area contributed by atoms with Gasteiger partial charge in [-0.1, -0.05) is 11.6 Å². The van der Waals surface area contributed by atoms with E-state index in [4.69, 9.17) is 22.1 Å². The summed E-state index contributed by atoms with van der Waals surface area (Å²) in [4.78, 5) is 15.6. The number of nitrogens with two attached hydrogens (primary N) is 1. The molecule has 2 aromatic rings. The van der Waals surface area contributed by atoms with E-state index in [1.807, 2.05) is 0 Å². The smallest absolute Gasteiger partial charge is 0.269 e. The molecule has 0 saturated carbocycles. The lowest BCUT2D eigenvalue weighted by molar-refractivity contribution is -0.125. The molecule has 1 amide bonds. The summed E-state index contributed by atoms with van der Waals surface area (Å²) in [5.41, 5.74) is 6.20. The molecule has 2 heterocycles. The average Bonchev–Trinajstić information content (AvgIpc) is 2.48. The Hall–Kier alpha value is -2.22. The van der Waals surface area contributed by atoms with Crippen molar-refractivity contribution in [3.8, 4) is 11.5 Å². The Balaban J connectivity index is 1.91. The van der Waals surface area contributed by atoms with Gasteiger partial charge in [0.15, 0.2) is 5.82 Å². The fraction of sp³-hybridized carbons (Fsp3) is 0.143. The van der Waals surface area contributed by atoms with Crippen molar-refractivity contribution >= 4 is 23.3 Å². The normalized spacial score (nSPS) is 17.4. The number of benzene rings is 1. The van der Waals surface area contributed by atoms with Crippen LogP contribution in [0.3, 0.4) is 0 Å². The molecule has 3 N–H and O–H groups in total. The van der Waals surface area contributed by atoms with Crippen molar-refractivity contribution in [1.29, 1.82) is 0 Å². The predicted octanol–water partition coefficient (Wildman–Crippen LogP) is 2.27. The zero-order chi connectivity index (χ0) is 15.9. The molecule has 22 heavy (non-hydrogen) atoms. The fourth-order valence-corrected chi connectivity index (χ4v) is 2.35. The van der Waals surface area contributed by atoms with Gasteiger partial charge in [0.25, 0.3) is 5.91 Å². The van der Waals surface area contributed by atoms with Crippen LogP contribution in [0.4, 0.5) is 10.2 Å². The Morgan fingerprint density at radius 2 is 2.23 bits per heavy atom. The number of hydroxylamine groups is 1. The molecule has 8 heteroatoms. The number of anilines is 1. The first kappa shape index (κ1) is 14.7. The molecule has 0 unspecified atom stereocenters. The monoisotopic (exact) mass is 323 g/mol. The van der Waals surface area contributed by atoms with E-state index in [9.17, 15) is 14.4 Å². The standard InChI is InChI=1S/C14H11ClFN3O3/c15-10-5-8(16)1-2-12(10)22-9-3-7-4-11(17)14(20)19(21)13(7)18-6-9/h1-3,5-6,11,21H,4,17H2/t11-/m0/s1. The van der Waals surface area contributed by atoms with Gasteiger partial charge in [0, 0.05) is 12.0 Å². The van der Waals surface area contributed by atoms with Gasteiger partial charge in [-0.25, -0.2) is 9.37 Å². The van der Waals surface area contributed by atoms with Crippen LogP contribution in [0, 0.1) is 5.82 Å². The maximum absolute atomic E-state index is 13.0. The van der Waals surface area contributed by atoms with Gasteiger partial charge in [0.2, 0.25) is 0 Å². The molecule has 3 rings (SSSR count). The number of hydrogen-bond donors (Lipinski definition) is 2. The highest BCUT2D eigenvalue weighted by Gasteiger charge is 2.31. The van der Waals surface area contributed by atoms with Gasteiger partial charge in [-0.05, 0) is 24.3 Å². The summed E-state index contributed by atoms with van der Waals surface area (Å²) in [6, 6.07) is 4.50. The first-order valence-corrected chi connectivity index (χ1v) is 6.74. The molecule has 0 bridgehead atoms. The summed E-state index contributed by atoms with van der Waals surface area (Å²) < 4.78 is 18.5. The fourth-order valence-electron chi connectivity index (χ4n) is 2.15. The van der Waals surface area contributed by atoms with E-state index >= 15 is 0 Å². The molecule has 1 aliphatic heterocycles. The summed E-state index contributed by atoms with van der Waals surface area (Å²) in [7, 11) is 0. The van der Waals surface area contributed by atoms with Crippen LogP contribution in [0.5, 0.6) is 11.5 Å². The topological polar surface area (TPSA) is 88.7 Å². The quantitative estimate of drug-likeness (QED) is 0.828. The number of fused-ring (bicyclic) bond motifs is 1. The second-order valence-corrected chi connectivity index (χ2v) is 5.20. The van der Waals surface area contributed by atoms with Gasteiger partial charge in [0.1, 0.15) is 17.3 Å². The summed E-state index contributed by atoms with van der Waals surface area (Å²) in [5.74, 6) is -0.370. The number of pyridine rings is 1. The highest BCUT2D eigenvalue weighted by Crippen LogP contribution is 2.32. The molecular formula is C14H11ClFN3O3. The van der Waals surface area contributed by atoms with Crippen molar-refractivity contribution in [3.63, 3.8) is 0 Å². The van der Waals surface area contributed by atoms with E-state index in [2.05, 4.69) is 4.98 Å². The number of amides is 1. The van der Waals surface area contributed by atoms with E-state index in [0.29, 0.717) is 16.4 Å². The zero-order valence-corrected chi connectivity index (χ0v) is 11.9. The van der Waals surface area contributed by atoms with E-state index in [1.54, 1.807) is 6.07 Å². The lowest BCUT2D eigenvalue weighted by atomic mass is 10.0. The SMILES string of the molecule is N[C@H]1Cc2cc(Oc3ccc(F)cc3Cl)cnc2N(O)C1=O. The van der Waals surface area contributed by atoms with Gasteiger partial charge in [-0.2, -0.15) is 5.06 Å². The van der Waals surface area contributed by atoms with Gasteiger partial charge in [-0.3, -0.25) is 10.0 Å². The molecule has 114 valence electrons. The van der Waals surface area contributed by atoms with E-state index < -0.39 is 17.8 Å². The average molecular weight is 324 g/mol. The number of nitrogens with zero attached hydrogens (tertiary/aromatic N) is 2. The summed E-state index contributed by atoms with van der Waals surface area (Å²) in [5, 5.41) is 10.2. The molecule has 6 nitrogen and oxygen atoms in total. The maximum atomic E-state index is 13.0. The third kappa shape index (κ3) is 2.61. The largest absolute Gasteiger partial charge is 0.454 e. The zero-order valence-electron chi connectivity index (χ0n) is 11.2. The van der Waals surface area contributed by atoms with Crippen LogP contribution in [0.1, 0.15) is 5.56 Å². The number of carbonyl (C=O) groups excluding carboxylic acids is 1. The van der Waals surface area contributed by atoms with Gasteiger partial charge in [0.05, 0.1) is 17.3 Å². The van der Waals surface area contributed by atoms with Crippen molar-refractivity contribution in [3.05, 3.63) is 46.9 Å². The van der Waals surface area contributed by atoms with Crippen LogP contribution in [0.2, 0.25) is 5.02 Å². The molecule has 0 spiro atoms. The number of rotatable bonds is 2. The number of ether oxygens (including phenoxy) is 1. The summed E-state index contributed by atoms with van der Waals surface area (Å²) in [6.07, 6.45) is 1.55. The van der Waals surface area contributed by atoms with Crippen molar-refractivity contribution in [2.24, 2.45) is 5.73 Å². The van der Waals surface area contributed by atoms with Crippen LogP contribution >= 0.6 is 11.6 Å².